The van der Waals surface area contributed by atoms with Crippen LogP contribution in [0, 0.1) is 0 Å². The fourth-order valence-corrected chi connectivity index (χ4v) is 4.17. The highest BCUT2D eigenvalue weighted by molar-refractivity contribution is 6.22. The monoisotopic (exact) mass is 539 g/mol. The summed E-state index contributed by atoms with van der Waals surface area (Å²) in [5, 5.41) is 22.9. The Morgan fingerprint density at radius 3 is 2.23 bits per heavy atom. The van der Waals surface area contributed by atoms with Crippen molar-refractivity contribution in [2.45, 2.75) is 37.6 Å². The standard InChI is InChI=1S/C25H25N5O9/c1-14(31)25(23(36)37,29(17-5-3-2-4-6-17)21(34)18(26)12-20(32)33)30-22(35)19(39-24(30)38)11-15-7-9-16(10-8-15)13-28-27/h2-10,13,18-19H,11-12,26-27H2,1H3,(H,32,33)(H,36,37)/t18-,19?,25+/m0/s1. The molecule has 204 valence electrons. The third-order valence-corrected chi connectivity index (χ3v) is 5.93. The van der Waals surface area contributed by atoms with Crippen molar-refractivity contribution in [3.63, 3.8) is 0 Å². The van der Waals surface area contributed by atoms with Gasteiger partial charge in [-0.05, 0) is 30.2 Å². The Morgan fingerprint density at radius 2 is 1.72 bits per heavy atom. The maximum Gasteiger partial charge on any atom is 0.420 e. The summed E-state index contributed by atoms with van der Waals surface area (Å²) in [5.74, 6) is -2.27. The SMILES string of the molecule is CC(=O)[C@](C(=O)O)(N1C(=O)OC(Cc2ccc(C=NN)cc2)C1=O)N(C(=O)[C@@H](N)CC(=O)O)c1ccccc1. The van der Waals surface area contributed by atoms with Gasteiger partial charge in [0.05, 0.1) is 18.7 Å². The van der Waals surface area contributed by atoms with Crippen molar-refractivity contribution in [2.75, 3.05) is 4.90 Å². The molecule has 2 aromatic carbocycles. The van der Waals surface area contributed by atoms with Gasteiger partial charge < -0.3 is 26.5 Å². The number of anilines is 1. The van der Waals surface area contributed by atoms with Gasteiger partial charge >= 0.3 is 18.0 Å². The average molecular weight is 540 g/mol. The number of aliphatic carboxylic acids is 2. The number of carboxylic acid groups (broad SMARTS) is 2. The van der Waals surface area contributed by atoms with Gasteiger partial charge in [-0.25, -0.2) is 14.5 Å². The molecule has 1 saturated heterocycles. The fraction of sp³-hybridized carbons (Fsp3) is 0.240. The normalized spacial score (nSPS) is 17.4. The maximum absolute atomic E-state index is 13.5. The van der Waals surface area contributed by atoms with E-state index in [9.17, 15) is 33.9 Å². The molecule has 39 heavy (non-hydrogen) atoms. The molecule has 1 heterocycles. The van der Waals surface area contributed by atoms with Gasteiger partial charge in [-0.15, -0.1) is 0 Å². The topological polar surface area (TPSA) is 223 Å². The molecule has 0 radical (unpaired) electrons. The summed E-state index contributed by atoms with van der Waals surface area (Å²) in [7, 11) is 0. The Labute approximate surface area is 221 Å². The van der Waals surface area contributed by atoms with Gasteiger partial charge in [0.2, 0.25) is 5.91 Å². The first-order valence-electron chi connectivity index (χ1n) is 11.4. The number of imide groups is 1. The summed E-state index contributed by atoms with van der Waals surface area (Å²) >= 11 is 0. The zero-order chi connectivity index (χ0) is 28.9. The molecule has 1 aliphatic rings. The number of carbonyl (C=O) groups is 6. The number of benzene rings is 2. The first-order chi connectivity index (χ1) is 18.4. The van der Waals surface area contributed by atoms with E-state index in [1.165, 1.54) is 36.5 Å². The molecular formula is C25H25N5O9. The maximum atomic E-state index is 13.5. The molecule has 1 unspecified atom stereocenters. The van der Waals surface area contributed by atoms with Crippen LogP contribution >= 0.6 is 0 Å². The molecule has 14 nitrogen and oxygen atoms in total. The number of nitrogens with zero attached hydrogens (tertiary/aromatic N) is 3. The van der Waals surface area contributed by atoms with Crippen LogP contribution in [0.3, 0.4) is 0 Å². The van der Waals surface area contributed by atoms with Crippen LogP contribution in [0.1, 0.15) is 24.5 Å². The smallest absolute Gasteiger partial charge is 0.420 e. The molecule has 14 heteroatoms. The molecule has 6 N–H and O–H groups in total. The van der Waals surface area contributed by atoms with E-state index in [0.29, 0.717) is 16.0 Å². The molecule has 2 aromatic rings. The van der Waals surface area contributed by atoms with Crippen LogP contribution < -0.4 is 16.5 Å². The van der Waals surface area contributed by atoms with Crippen molar-refractivity contribution in [2.24, 2.45) is 16.7 Å². The van der Waals surface area contributed by atoms with E-state index < -0.39 is 59.9 Å². The lowest BCUT2D eigenvalue weighted by atomic mass is 9.96. The number of rotatable bonds is 11. The van der Waals surface area contributed by atoms with Gasteiger partial charge in [-0.1, -0.05) is 42.5 Å². The molecule has 3 amide bonds. The average Bonchev–Trinajstić information content (AvgIpc) is 3.15. The van der Waals surface area contributed by atoms with E-state index in [-0.39, 0.29) is 17.0 Å². The van der Waals surface area contributed by atoms with E-state index in [4.69, 9.17) is 21.4 Å². The Hall–Kier alpha value is -5.11. The van der Waals surface area contributed by atoms with Gasteiger partial charge in [-0.2, -0.15) is 5.10 Å². The Kier molecular flexibility index (Phi) is 8.41. The molecule has 0 saturated carbocycles. The van der Waals surface area contributed by atoms with Crippen LogP contribution in [0.15, 0.2) is 59.7 Å². The van der Waals surface area contributed by atoms with Crippen molar-refractivity contribution in [3.8, 4) is 0 Å². The quantitative estimate of drug-likeness (QED) is 0.129. The zero-order valence-electron chi connectivity index (χ0n) is 20.6. The van der Waals surface area contributed by atoms with Gasteiger partial charge in [0.15, 0.2) is 11.9 Å². The number of ketones is 1. The number of carboxylic acids is 2. The number of Topliss-reactive ketones (excluding diaryl/α,β-unsaturated/α-hetero) is 1. The van der Waals surface area contributed by atoms with E-state index in [2.05, 4.69) is 5.10 Å². The lowest BCUT2D eigenvalue weighted by Crippen LogP contribution is -2.74. The summed E-state index contributed by atoms with van der Waals surface area (Å²) in [6.07, 6.45) is -2.77. The van der Waals surface area contributed by atoms with E-state index in [0.717, 1.165) is 6.92 Å². The van der Waals surface area contributed by atoms with Crippen molar-refractivity contribution in [1.29, 1.82) is 0 Å². The van der Waals surface area contributed by atoms with Crippen LogP contribution in [0.4, 0.5) is 10.5 Å². The van der Waals surface area contributed by atoms with Gasteiger partial charge in [0.1, 0.15) is 0 Å². The van der Waals surface area contributed by atoms with E-state index in [1.807, 2.05) is 0 Å². The highest BCUT2D eigenvalue weighted by Crippen LogP contribution is 2.35. The van der Waals surface area contributed by atoms with Crippen molar-refractivity contribution in [1.82, 2.24) is 4.90 Å². The van der Waals surface area contributed by atoms with Crippen LogP contribution in [0.25, 0.3) is 0 Å². The molecule has 0 aliphatic carbocycles. The second-order valence-corrected chi connectivity index (χ2v) is 8.52. The highest BCUT2D eigenvalue weighted by Gasteiger charge is 2.65. The molecule has 0 spiro atoms. The van der Waals surface area contributed by atoms with Crippen molar-refractivity contribution >= 4 is 47.5 Å². The number of amides is 3. The second-order valence-electron chi connectivity index (χ2n) is 8.52. The summed E-state index contributed by atoms with van der Waals surface area (Å²) in [4.78, 5) is 77.7. The number of hydrogen-bond acceptors (Lipinski definition) is 10. The first-order valence-corrected chi connectivity index (χ1v) is 11.4. The lowest BCUT2D eigenvalue weighted by molar-refractivity contribution is -0.161. The largest absolute Gasteiger partial charge is 0.481 e. The summed E-state index contributed by atoms with van der Waals surface area (Å²) in [6, 6.07) is 11.4. The number of hydrogen-bond donors (Lipinski definition) is 4. The van der Waals surface area contributed by atoms with Crippen LogP contribution in [0.2, 0.25) is 0 Å². The van der Waals surface area contributed by atoms with Crippen LogP contribution in [-0.4, -0.2) is 74.8 Å². The molecule has 0 aromatic heterocycles. The van der Waals surface area contributed by atoms with Gasteiger partial charge in [0.25, 0.3) is 11.6 Å². The van der Waals surface area contributed by atoms with E-state index >= 15 is 0 Å². The number of para-hydroxylation sites is 1. The van der Waals surface area contributed by atoms with Crippen molar-refractivity contribution in [3.05, 3.63) is 65.7 Å². The minimum atomic E-state index is -3.28. The second kappa shape index (κ2) is 11.5. The minimum absolute atomic E-state index is 0.0656. The predicted octanol–water partition coefficient (Wildman–Crippen LogP) is 0.0742. The predicted molar refractivity (Wildman–Crippen MR) is 134 cm³/mol. The third-order valence-electron chi connectivity index (χ3n) is 5.93. The minimum Gasteiger partial charge on any atom is -0.481 e. The Morgan fingerprint density at radius 1 is 1.10 bits per heavy atom. The summed E-state index contributed by atoms with van der Waals surface area (Å²) in [6.45, 7) is 0.770. The summed E-state index contributed by atoms with van der Waals surface area (Å²) in [5.41, 5.74) is 3.42. The van der Waals surface area contributed by atoms with Gasteiger partial charge in [-0.3, -0.25) is 24.1 Å². The number of nitrogens with two attached hydrogens (primary N) is 2. The zero-order valence-corrected chi connectivity index (χ0v) is 20.6. The van der Waals surface area contributed by atoms with Crippen LogP contribution in [0.5, 0.6) is 0 Å². The molecule has 1 fully saturated rings. The Bertz CT molecular complexity index is 1310. The van der Waals surface area contributed by atoms with Crippen molar-refractivity contribution < 1.29 is 43.7 Å². The third kappa shape index (κ3) is 5.45. The Balaban J connectivity index is 2.12. The molecule has 3 atom stereocenters. The number of carbonyl (C=O) groups excluding carboxylic acids is 4. The molecule has 0 bridgehead atoms. The lowest BCUT2D eigenvalue weighted by Gasteiger charge is -2.42. The van der Waals surface area contributed by atoms with Crippen LogP contribution in [-0.2, 0) is 35.1 Å². The molecular weight excluding hydrogens is 514 g/mol. The number of cyclic esters (lactones) is 1. The van der Waals surface area contributed by atoms with E-state index in [1.54, 1.807) is 24.3 Å². The summed E-state index contributed by atoms with van der Waals surface area (Å²) < 4.78 is 5.18. The number of hydrazone groups is 1. The highest BCUT2D eigenvalue weighted by atomic mass is 16.6. The van der Waals surface area contributed by atoms with Gasteiger partial charge in [0, 0.05) is 12.1 Å². The first kappa shape index (κ1) is 28.5. The number of ether oxygens (including phenoxy) is 1. The molecule has 1 aliphatic heterocycles. The molecule has 3 rings (SSSR count). The fourth-order valence-electron chi connectivity index (χ4n) is 4.17.